The maximum absolute atomic E-state index is 13.2. The van der Waals surface area contributed by atoms with E-state index >= 15 is 0 Å². The second-order valence-electron chi connectivity index (χ2n) is 6.17. The van der Waals surface area contributed by atoms with E-state index in [9.17, 15) is 9.59 Å². The molecule has 0 N–H and O–H groups in total. The van der Waals surface area contributed by atoms with Crippen LogP contribution in [0.2, 0.25) is 0 Å². The van der Waals surface area contributed by atoms with E-state index in [0.717, 1.165) is 5.56 Å². The Labute approximate surface area is 150 Å². The molecule has 1 amide bonds. The first-order valence-electron chi connectivity index (χ1n) is 8.75. The first-order chi connectivity index (χ1) is 12.7. The molecule has 1 atom stereocenters. The van der Waals surface area contributed by atoms with Crippen molar-refractivity contribution in [3.8, 4) is 5.75 Å². The molecule has 2 aromatic carbocycles. The zero-order chi connectivity index (χ0) is 18.3. The van der Waals surface area contributed by atoms with Gasteiger partial charge in [-0.1, -0.05) is 24.3 Å². The molecule has 0 saturated carbocycles. The Bertz CT molecular complexity index is 1050. The van der Waals surface area contributed by atoms with Crippen LogP contribution in [0.3, 0.4) is 0 Å². The van der Waals surface area contributed by atoms with E-state index in [4.69, 9.17) is 9.15 Å². The Balaban J connectivity index is 1.97. The third-order valence-corrected chi connectivity index (χ3v) is 4.70. The van der Waals surface area contributed by atoms with Crippen LogP contribution < -0.4 is 10.2 Å². The minimum Gasteiger partial charge on any atom is -0.494 e. The van der Waals surface area contributed by atoms with Gasteiger partial charge in [0.1, 0.15) is 11.3 Å². The maximum Gasteiger partial charge on any atom is 0.290 e. The quantitative estimate of drug-likeness (QED) is 0.720. The fraction of sp³-hybridized carbons (Fsp3) is 0.238. The van der Waals surface area contributed by atoms with E-state index in [1.54, 1.807) is 29.2 Å². The molecule has 0 bridgehead atoms. The van der Waals surface area contributed by atoms with Crippen LogP contribution in [0.25, 0.3) is 11.0 Å². The molecule has 0 aliphatic carbocycles. The summed E-state index contributed by atoms with van der Waals surface area (Å²) in [7, 11) is 0. The van der Waals surface area contributed by atoms with Gasteiger partial charge in [-0.05, 0) is 43.7 Å². The normalized spacial score (nSPS) is 16.2. The van der Waals surface area contributed by atoms with Gasteiger partial charge in [-0.2, -0.15) is 0 Å². The van der Waals surface area contributed by atoms with Crippen LogP contribution in [-0.2, 0) is 0 Å². The molecule has 26 heavy (non-hydrogen) atoms. The largest absolute Gasteiger partial charge is 0.494 e. The summed E-state index contributed by atoms with van der Waals surface area (Å²) in [5, 5.41) is 0.489. The van der Waals surface area contributed by atoms with Gasteiger partial charge in [0, 0.05) is 6.54 Å². The number of para-hydroxylation sites is 1. The molecule has 2 heterocycles. The highest BCUT2D eigenvalue weighted by Gasteiger charge is 2.41. The van der Waals surface area contributed by atoms with Crippen molar-refractivity contribution in [2.45, 2.75) is 19.9 Å². The van der Waals surface area contributed by atoms with Crippen LogP contribution >= 0.6 is 0 Å². The fourth-order valence-corrected chi connectivity index (χ4v) is 3.58. The van der Waals surface area contributed by atoms with Crippen molar-refractivity contribution in [3.63, 3.8) is 0 Å². The maximum atomic E-state index is 13.2. The summed E-state index contributed by atoms with van der Waals surface area (Å²) < 4.78 is 11.4. The number of benzene rings is 2. The van der Waals surface area contributed by atoms with Gasteiger partial charge < -0.3 is 14.1 Å². The Kier molecular flexibility index (Phi) is 3.99. The predicted octanol–water partition coefficient (Wildman–Crippen LogP) is 3.76. The lowest BCUT2D eigenvalue weighted by atomic mass is 9.98. The summed E-state index contributed by atoms with van der Waals surface area (Å²) in [6.45, 7) is 4.84. The van der Waals surface area contributed by atoms with E-state index in [-0.39, 0.29) is 17.1 Å². The van der Waals surface area contributed by atoms with Crippen molar-refractivity contribution < 1.29 is 13.9 Å². The first kappa shape index (κ1) is 16.4. The van der Waals surface area contributed by atoms with Crippen molar-refractivity contribution in [1.29, 1.82) is 0 Å². The van der Waals surface area contributed by atoms with Crippen LogP contribution in [0.1, 0.15) is 41.6 Å². The van der Waals surface area contributed by atoms with Gasteiger partial charge in [-0.15, -0.1) is 0 Å². The molecule has 1 aromatic heterocycles. The van der Waals surface area contributed by atoms with E-state index in [2.05, 4.69) is 0 Å². The average molecular weight is 349 g/mol. The van der Waals surface area contributed by atoms with Crippen LogP contribution in [0, 0.1) is 0 Å². The lowest BCUT2D eigenvalue weighted by Crippen LogP contribution is -2.29. The summed E-state index contributed by atoms with van der Waals surface area (Å²) in [4.78, 5) is 27.7. The smallest absolute Gasteiger partial charge is 0.290 e. The SMILES string of the molecule is CCOc1cccc([C@H]2c3c(oc4ccccc4c3=O)C(=O)N2CC)c1. The molecule has 4 rings (SSSR count). The third-order valence-electron chi connectivity index (χ3n) is 4.70. The summed E-state index contributed by atoms with van der Waals surface area (Å²) in [5.74, 6) is 0.603. The molecule has 1 aliphatic rings. The van der Waals surface area contributed by atoms with Gasteiger partial charge in [-0.3, -0.25) is 9.59 Å². The summed E-state index contributed by atoms with van der Waals surface area (Å²) in [6.07, 6.45) is 0. The lowest BCUT2D eigenvalue weighted by molar-refractivity contribution is 0.0737. The van der Waals surface area contributed by atoms with Crippen LogP contribution in [0.15, 0.2) is 57.7 Å². The monoisotopic (exact) mass is 349 g/mol. The van der Waals surface area contributed by atoms with E-state index in [0.29, 0.717) is 35.4 Å². The molecule has 1 aliphatic heterocycles. The first-order valence-corrected chi connectivity index (χ1v) is 8.75. The van der Waals surface area contributed by atoms with Crippen molar-refractivity contribution in [1.82, 2.24) is 4.90 Å². The van der Waals surface area contributed by atoms with Crippen LogP contribution in [0.4, 0.5) is 0 Å². The van der Waals surface area contributed by atoms with Gasteiger partial charge in [0.2, 0.25) is 5.76 Å². The van der Waals surface area contributed by atoms with Crippen molar-refractivity contribution in [3.05, 3.63) is 75.6 Å². The number of amides is 1. The third kappa shape index (κ3) is 2.39. The highest BCUT2D eigenvalue weighted by molar-refractivity contribution is 5.99. The van der Waals surface area contributed by atoms with Crippen LogP contribution in [0.5, 0.6) is 5.75 Å². The molecule has 3 aromatic rings. The van der Waals surface area contributed by atoms with Crippen molar-refractivity contribution in [2.75, 3.05) is 13.2 Å². The molecule has 0 saturated heterocycles. The molecule has 132 valence electrons. The Morgan fingerprint density at radius 2 is 1.88 bits per heavy atom. The van der Waals surface area contributed by atoms with Crippen molar-refractivity contribution >= 4 is 16.9 Å². The highest BCUT2D eigenvalue weighted by atomic mass is 16.5. The zero-order valence-electron chi connectivity index (χ0n) is 14.7. The van der Waals surface area contributed by atoms with Gasteiger partial charge in [-0.25, -0.2) is 0 Å². The van der Waals surface area contributed by atoms with E-state index < -0.39 is 6.04 Å². The molecule has 5 heteroatoms. The molecule has 0 fully saturated rings. The number of ether oxygens (including phenoxy) is 1. The van der Waals surface area contributed by atoms with E-state index in [1.165, 1.54) is 0 Å². The lowest BCUT2D eigenvalue weighted by Gasteiger charge is -2.23. The molecular weight excluding hydrogens is 330 g/mol. The van der Waals surface area contributed by atoms with E-state index in [1.807, 2.05) is 38.1 Å². The zero-order valence-corrected chi connectivity index (χ0v) is 14.7. The minimum absolute atomic E-state index is 0.141. The minimum atomic E-state index is -0.469. The van der Waals surface area contributed by atoms with Crippen LogP contribution in [-0.4, -0.2) is 24.0 Å². The Hall–Kier alpha value is -3.08. The Morgan fingerprint density at radius 1 is 1.08 bits per heavy atom. The molecule has 0 spiro atoms. The average Bonchev–Trinajstić information content (AvgIpc) is 2.95. The summed E-state index contributed by atoms with van der Waals surface area (Å²) in [6, 6.07) is 14.1. The standard InChI is InChI=1S/C21H19NO4/c1-3-22-18(13-8-7-9-14(12-13)25-4-2)17-19(23)15-10-5-6-11-16(15)26-20(17)21(22)24/h5-12,18H,3-4H2,1-2H3/t18-/m0/s1. The molecule has 5 nitrogen and oxygen atoms in total. The number of hydrogen-bond donors (Lipinski definition) is 0. The van der Waals surface area contributed by atoms with Gasteiger partial charge in [0.05, 0.1) is 23.6 Å². The number of fused-ring (bicyclic) bond motifs is 2. The van der Waals surface area contributed by atoms with Gasteiger partial charge >= 0.3 is 0 Å². The topological polar surface area (TPSA) is 59.8 Å². The van der Waals surface area contributed by atoms with Gasteiger partial charge in [0.15, 0.2) is 5.43 Å². The summed E-state index contributed by atoms with van der Waals surface area (Å²) in [5.41, 5.74) is 1.53. The molecular formula is C21H19NO4. The van der Waals surface area contributed by atoms with Gasteiger partial charge in [0.25, 0.3) is 5.91 Å². The predicted molar refractivity (Wildman–Crippen MR) is 98.6 cm³/mol. The number of carbonyl (C=O) groups excluding carboxylic acids is 1. The van der Waals surface area contributed by atoms with Crippen molar-refractivity contribution in [2.24, 2.45) is 0 Å². The number of rotatable bonds is 4. The molecule has 0 radical (unpaired) electrons. The molecule has 0 unspecified atom stereocenters. The Morgan fingerprint density at radius 3 is 2.65 bits per heavy atom. The summed E-state index contributed by atoms with van der Waals surface area (Å²) >= 11 is 0. The number of carbonyl (C=O) groups is 1. The number of hydrogen-bond acceptors (Lipinski definition) is 4. The highest BCUT2D eigenvalue weighted by Crippen LogP contribution is 2.38. The fourth-order valence-electron chi connectivity index (χ4n) is 3.58. The second-order valence-corrected chi connectivity index (χ2v) is 6.17. The second kappa shape index (κ2) is 6.33. The number of nitrogens with zero attached hydrogens (tertiary/aromatic N) is 1.